The van der Waals surface area contributed by atoms with Crippen molar-refractivity contribution in [3.05, 3.63) is 35.4 Å². The van der Waals surface area contributed by atoms with Crippen molar-refractivity contribution >= 4 is 35.8 Å². The Morgan fingerprint density at radius 3 is 2.52 bits per heavy atom. The van der Waals surface area contributed by atoms with Crippen LogP contribution in [0.3, 0.4) is 0 Å². The molecule has 2 N–H and O–H groups in total. The molecule has 0 unspecified atom stereocenters. The standard InChI is InChI=1S/C20H34N4O2.HI/c1-5-6-14-26-15-8-12-22-20(21-2)23-13-11-17-9-7-10-18(16-17)19(25)24(3)4;/h7,9-10,16H,5-6,8,11-15H2,1-4H3,(H2,21,22,23);1H. The zero-order valence-electron chi connectivity index (χ0n) is 17.1. The maximum absolute atomic E-state index is 12.0. The van der Waals surface area contributed by atoms with Crippen LogP contribution in [-0.2, 0) is 11.2 Å². The van der Waals surface area contributed by atoms with Crippen LogP contribution in [0.2, 0.25) is 0 Å². The summed E-state index contributed by atoms with van der Waals surface area (Å²) in [6.45, 7) is 5.37. The van der Waals surface area contributed by atoms with E-state index in [1.54, 1.807) is 26.0 Å². The molecule has 0 atom stereocenters. The van der Waals surface area contributed by atoms with E-state index in [4.69, 9.17) is 4.74 Å². The zero-order chi connectivity index (χ0) is 19.2. The van der Waals surface area contributed by atoms with Crippen molar-refractivity contribution in [2.24, 2.45) is 4.99 Å². The second kappa shape index (κ2) is 15.7. The lowest BCUT2D eigenvalue weighted by atomic mass is 10.1. The van der Waals surface area contributed by atoms with E-state index in [1.807, 2.05) is 24.3 Å². The number of benzene rings is 1. The van der Waals surface area contributed by atoms with Crippen molar-refractivity contribution in [1.29, 1.82) is 0 Å². The molecule has 0 radical (unpaired) electrons. The number of hydrogen-bond donors (Lipinski definition) is 2. The van der Waals surface area contributed by atoms with Gasteiger partial charge in [-0.05, 0) is 37.0 Å². The fourth-order valence-electron chi connectivity index (χ4n) is 2.39. The smallest absolute Gasteiger partial charge is 0.253 e. The first-order valence-electron chi connectivity index (χ1n) is 9.41. The highest BCUT2D eigenvalue weighted by atomic mass is 127. The molecule has 0 heterocycles. The van der Waals surface area contributed by atoms with Crippen LogP contribution >= 0.6 is 24.0 Å². The predicted molar refractivity (Wildman–Crippen MR) is 123 cm³/mol. The summed E-state index contributed by atoms with van der Waals surface area (Å²) < 4.78 is 5.54. The van der Waals surface area contributed by atoms with E-state index >= 15 is 0 Å². The maximum atomic E-state index is 12.0. The minimum atomic E-state index is 0. The average Bonchev–Trinajstić information content (AvgIpc) is 2.65. The lowest BCUT2D eigenvalue weighted by molar-refractivity contribution is 0.0827. The van der Waals surface area contributed by atoms with Crippen molar-refractivity contribution in [2.75, 3.05) is 47.4 Å². The lowest BCUT2D eigenvalue weighted by Gasteiger charge is -2.13. The lowest BCUT2D eigenvalue weighted by Crippen LogP contribution is -2.39. The molecule has 0 aliphatic heterocycles. The molecule has 1 aromatic rings. The molecule has 0 saturated carbocycles. The number of halogens is 1. The molecule has 0 aliphatic rings. The van der Waals surface area contributed by atoms with Gasteiger partial charge < -0.3 is 20.3 Å². The number of unbranched alkanes of at least 4 members (excludes halogenated alkanes) is 1. The molecule has 0 aromatic heterocycles. The minimum Gasteiger partial charge on any atom is -0.381 e. The summed E-state index contributed by atoms with van der Waals surface area (Å²) in [6, 6.07) is 7.77. The topological polar surface area (TPSA) is 66.0 Å². The number of carbonyl (C=O) groups is 1. The van der Waals surface area contributed by atoms with Crippen LogP contribution in [0.25, 0.3) is 0 Å². The third-order valence-corrected chi connectivity index (χ3v) is 3.91. The average molecular weight is 490 g/mol. The van der Waals surface area contributed by atoms with Gasteiger partial charge in [-0.15, -0.1) is 24.0 Å². The first-order chi connectivity index (χ1) is 12.6. The van der Waals surface area contributed by atoms with Gasteiger partial charge in [0.25, 0.3) is 5.91 Å². The number of amides is 1. The highest BCUT2D eigenvalue weighted by molar-refractivity contribution is 14.0. The molecule has 0 aliphatic carbocycles. The van der Waals surface area contributed by atoms with Crippen LogP contribution in [-0.4, -0.2) is 64.2 Å². The Labute approximate surface area is 181 Å². The summed E-state index contributed by atoms with van der Waals surface area (Å²) in [6.07, 6.45) is 4.08. The van der Waals surface area contributed by atoms with Crippen molar-refractivity contribution < 1.29 is 9.53 Å². The van der Waals surface area contributed by atoms with E-state index in [0.717, 1.165) is 62.7 Å². The summed E-state index contributed by atoms with van der Waals surface area (Å²) >= 11 is 0. The minimum absolute atomic E-state index is 0. The molecule has 1 rings (SSSR count). The quantitative estimate of drug-likeness (QED) is 0.217. The first kappa shape index (κ1) is 25.6. The van der Waals surface area contributed by atoms with Gasteiger partial charge >= 0.3 is 0 Å². The molecule has 0 saturated heterocycles. The number of rotatable bonds is 11. The molecule has 27 heavy (non-hydrogen) atoms. The second-order valence-electron chi connectivity index (χ2n) is 6.40. The van der Waals surface area contributed by atoms with Gasteiger partial charge in [-0.2, -0.15) is 0 Å². The van der Waals surface area contributed by atoms with Crippen molar-refractivity contribution in [3.63, 3.8) is 0 Å². The summed E-state index contributed by atoms with van der Waals surface area (Å²) in [5.74, 6) is 0.817. The van der Waals surface area contributed by atoms with E-state index in [0.29, 0.717) is 0 Å². The number of ether oxygens (including phenoxy) is 1. The normalized spacial score (nSPS) is 10.9. The molecule has 7 heteroatoms. The number of aliphatic imine (C=N–C) groups is 1. The third kappa shape index (κ3) is 11.2. The highest BCUT2D eigenvalue weighted by Gasteiger charge is 2.08. The van der Waals surface area contributed by atoms with Crippen molar-refractivity contribution in [3.8, 4) is 0 Å². The van der Waals surface area contributed by atoms with Crippen LogP contribution in [0.15, 0.2) is 29.3 Å². The van der Waals surface area contributed by atoms with Gasteiger partial charge in [0, 0.05) is 53.0 Å². The zero-order valence-corrected chi connectivity index (χ0v) is 19.4. The van der Waals surface area contributed by atoms with Gasteiger partial charge in [-0.25, -0.2) is 0 Å². The number of hydrogen-bond acceptors (Lipinski definition) is 3. The third-order valence-electron chi connectivity index (χ3n) is 3.91. The summed E-state index contributed by atoms with van der Waals surface area (Å²) in [4.78, 5) is 17.8. The first-order valence-corrected chi connectivity index (χ1v) is 9.41. The maximum Gasteiger partial charge on any atom is 0.253 e. The van der Waals surface area contributed by atoms with Gasteiger partial charge in [0.15, 0.2) is 5.96 Å². The SMILES string of the molecule is CCCCOCCCNC(=NC)NCCc1cccc(C(=O)N(C)C)c1.I. The Bertz CT molecular complexity index is 565. The predicted octanol–water partition coefficient (Wildman–Crippen LogP) is 2.92. The molecule has 1 amide bonds. The van der Waals surface area contributed by atoms with Gasteiger partial charge in [0.1, 0.15) is 0 Å². The van der Waals surface area contributed by atoms with Crippen LogP contribution in [0, 0.1) is 0 Å². The molecule has 0 fully saturated rings. The molecule has 1 aromatic carbocycles. The molecular formula is C20H35IN4O2. The highest BCUT2D eigenvalue weighted by Crippen LogP contribution is 2.07. The van der Waals surface area contributed by atoms with E-state index < -0.39 is 0 Å². The summed E-state index contributed by atoms with van der Waals surface area (Å²) in [5, 5.41) is 6.59. The van der Waals surface area contributed by atoms with Crippen molar-refractivity contribution in [2.45, 2.75) is 32.6 Å². The van der Waals surface area contributed by atoms with Crippen LogP contribution in [0.4, 0.5) is 0 Å². The summed E-state index contributed by atoms with van der Waals surface area (Å²) in [7, 11) is 5.30. The number of guanidine groups is 1. The second-order valence-corrected chi connectivity index (χ2v) is 6.40. The Kier molecular flexibility index (Phi) is 14.9. The number of carbonyl (C=O) groups excluding carboxylic acids is 1. The van der Waals surface area contributed by atoms with Gasteiger partial charge in [0.2, 0.25) is 0 Å². The van der Waals surface area contributed by atoms with E-state index in [2.05, 4.69) is 22.5 Å². The van der Waals surface area contributed by atoms with Crippen LogP contribution in [0.1, 0.15) is 42.1 Å². The molecular weight excluding hydrogens is 455 g/mol. The summed E-state index contributed by atoms with van der Waals surface area (Å²) in [5.41, 5.74) is 1.85. The van der Waals surface area contributed by atoms with E-state index in [9.17, 15) is 4.79 Å². The Morgan fingerprint density at radius 2 is 1.85 bits per heavy atom. The largest absolute Gasteiger partial charge is 0.381 e. The van der Waals surface area contributed by atoms with Gasteiger partial charge in [-0.3, -0.25) is 9.79 Å². The van der Waals surface area contributed by atoms with Crippen molar-refractivity contribution in [1.82, 2.24) is 15.5 Å². The number of nitrogens with one attached hydrogen (secondary N) is 2. The monoisotopic (exact) mass is 490 g/mol. The Morgan fingerprint density at radius 1 is 1.15 bits per heavy atom. The molecule has 154 valence electrons. The Hall–Kier alpha value is -1.35. The van der Waals surface area contributed by atoms with Gasteiger partial charge in [-0.1, -0.05) is 25.5 Å². The molecule has 0 spiro atoms. The Balaban J connectivity index is 0.00000676. The van der Waals surface area contributed by atoms with Crippen LogP contribution < -0.4 is 10.6 Å². The number of nitrogens with zero attached hydrogens (tertiary/aromatic N) is 2. The fraction of sp³-hybridized carbons (Fsp3) is 0.600. The van der Waals surface area contributed by atoms with Gasteiger partial charge in [0.05, 0.1) is 0 Å². The molecule has 6 nitrogen and oxygen atoms in total. The fourth-order valence-corrected chi connectivity index (χ4v) is 2.39. The van der Waals surface area contributed by atoms with Crippen LogP contribution in [0.5, 0.6) is 0 Å². The molecule has 0 bridgehead atoms. The van der Waals surface area contributed by atoms with E-state index in [1.165, 1.54) is 6.42 Å². The van der Waals surface area contributed by atoms with E-state index in [-0.39, 0.29) is 29.9 Å².